The molecule has 0 amide bonds. The first-order valence-electron chi connectivity index (χ1n) is 25.5. The number of carbonyl (C=O) groups is 1. The molecule has 0 radical (unpaired) electrons. The van der Waals surface area contributed by atoms with Crippen LogP contribution in [0.5, 0.6) is 0 Å². The first-order valence-corrected chi connectivity index (χ1v) is 31.7. The Labute approximate surface area is 468 Å². The number of alkyl halides is 3. The van der Waals surface area contributed by atoms with Crippen LogP contribution in [0.1, 0.15) is 44.8 Å². The fourth-order valence-electron chi connectivity index (χ4n) is 10.1. The van der Waals surface area contributed by atoms with Crippen molar-refractivity contribution < 1.29 is 52.3 Å². The highest BCUT2D eigenvalue weighted by Crippen LogP contribution is 2.45. The molecule has 0 aliphatic carbocycles. The lowest BCUT2D eigenvalue weighted by Crippen LogP contribution is -2.46. The van der Waals surface area contributed by atoms with E-state index in [1.165, 1.54) is 36.0 Å². The number of benzene rings is 5. The van der Waals surface area contributed by atoms with E-state index >= 15 is 4.39 Å². The number of hydrogen-bond acceptors (Lipinski definition) is 14. The number of hydrogen-bond donors (Lipinski definition) is 3. The lowest BCUT2D eigenvalue weighted by molar-refractivity contribution is -0.149. The van der Waals surface area contributed by atoms with E-state index in [1.54, 1.807) is 37.3 Å². The van der Waals surface area contributed by atoms with Gasteiger partial charge in [0.25, 0.3) is 19.9 Å². The number of nitrogens with one attached hydrogen (secondary N) is 2. The number of piperazine rings is 1. The van der Waals surface area contributed by atoms with Gasteiger partial charge in [0.15, 0.2) is 9.84 Å². The first kappa shape index (κ1) is 59.3. The largest absolute Gasteiger partial charge is 0.501 e. The lowest BCUT2D eigenvalue weighted by Gasteiger charge is -2.37. The molecule has 2 aliphatic rings. The summed E-state index contributed by atoms with van der Waals surface area (Å²) in [5.41, 5.74) is 3.16. The van der Waals surface area contributed by atoms with Crippen LogP contribution < -0.4 is 25.6 Å². The summed E-state index contributed by atoms with van der Waals surface area (Å²) in [5.74, 6) is -0.731. The van der Waals surface area contributed by atoms with E-state index in [9.17, 15) is 43.2 Å². The monoisotopic (exact) mass is 1190 g/mol. The molecule has 2 fully saturated rings. The Morgan fingerprint density at radius 3 is 2.04 bits per heavy atom. The minimum atomic E-state index is -6.09. The van der Waals surface area contributed by atoms with Crippen molar-refractivity contribution in [2.24, 2.45) is 5.73 Å². The highest BCUT2D eigenvalue weighted by molar-refractivity contribution is 7.99. The molecule has 4 N–H and O–H groups in total. The molecule has 0 bridgehead atoms. The van der Waals surface area contributed by atoms with Gasteiger partial charge in [-0.1, -0.05) is 41.9 Å². The molecular formula is C55H62ClF4N7O8S4. The number of sulfonamides is 1. The smallest absolute Gasteiger partial charge is 0.461 e. The summed E-state index contributed by atoms with van der Waals surface area (Å²) < 4.78 is 150. The predicted molar refractivity (Wildman–Crippen MR) is 304 cm³/mol. The van der Waals surface area contributed by atoms with Gasteiger partial charge < -0.3 is 35.1 Å². The highest BCUT2D eigenvalue weighted by Gasteiger charge is 2.48. The maximum absolute atomic E-state index is 15.8. The summed E-state index contributed by atoms with van der Waals surface area (Å²) in [5, 5.41) is 3.52. The Morgan fingerprint density at radius 1 is 0.810 bits per heavy atom. The van der Waals surface area contributed by atoms with Crippen molar-refractivity contribution in [1.82, 2.24) is 9.47 Å². The second-order valence-electron chi connectivity index (χ2n) is 19.8. The van der Waals surface area contributed by atoms with Gasteiger partial charge in [-0.25, -0.2) is 29.6 Å². The van der Waals surface area contributed by atoms with Crippen molar-refractivity contribution in [3.63, 3.8) is 0 Å². The van der Waals surface area contributed by atoms with Crippen molar-refractivity contribution in [2.75, 3.05) is 84.2 Å². The number of likely N-dealkylation sites (tertiary alicyclic amines) is 1. The number of esters is 1. The summed E-state index contributed by atoms with van der Waals surface area (Å²) in [7, 11) is -14.6. The topological polar surface area (TPSA) is 193 Å². The fourth-order valence-corrected chi connectivity index (χ4v) is 14.6. The molecule has 424 valence electrons. The molecule has 24 heteroatoms. The van der Waals surface area contributed by atoms with Crippen LogP contribution in [0, 0.1) is 12.7 Å². The third-order valence-corrected chi connectivity index (χ3v) is 19.5. The van der Waals surface area contributed by atoms with Crippen molar-refractivity contribution in [3.05, 3.63) is 132 Å². The molecule has 0 saturated carbocycles. The number of sulfone groups is 2. The van der Waals surface area contributed by atoms with Crippen LogP contribution in [0.15, 0.2) is 135 Å². The van der Waals surface area contributed by atoms with Crippen LogP contribution in [0.25, 0.3) is 22.4 Å². The first-order chi connectivity index (χ1) is 37.3. The number of halogens is 5. The number of nitrogens with two attached hydrogens (primary N) is 1. The predicted octanol–water partition coefficient (Wildman–Crippen LogP) is 10.3. The molecule has 1 unspecified atom stereocenters. The van der Waals surface area contributed by atoms with E-state index in [1.807, 2.05) is 70.7 Å². The van der Waals surface area contributed by atoms with Crippen LogP contribution >= 0.6 is 23.4 Å². The zero-order valence-electron chi connectivity index (χ0n) is 43.8. The van der Waals surface area contributed by atoms with Gasteiger partial charge in [0.2, 0.25) is 0 Å². The van der Waals surface area contributed by atoms with Crippen LogP contribution in [0.4, 0.5) is 40.3 Å². The summed E-state index contributed by atoms with van der Waals surface area (Å²) in [6.07, 6.45) is 2.36. The van der Waals surface area contributed by atoms with Gasteiger partial charge in [-0.05, 0) is 136 Å². The Morgan fingerprint density at radius 2 is 1.44 bits per heavy atom. The number of carbonyl (C=O) groups excluding carboxylic acids is 1. The molecule has 15 nitrogen and oxygen atoms in total. The number of ether oxygens (including phenoxy) is 1. The van der Waals surface area contributed by atoms with Crippen molar-refractivity contribution in [2.45, 2.75) is 83.3 Å². The summed E-state index contributed by atoms with van der Waals surface area (Å²) in [4.78, 5) is 16.9. The molecule has 3 heterocycles. The zero-order chi connectivity index (χ0) is 57.0. The third kappa shape index (κ3) is 14.0. The Balaban J connectivity index is 0.974. The average Bonchev–Trinajstić information content (AvgIpc) is 3.99. The van der Waals surface area contributed by atoms with Crippen molar-refractivity contribution in [3.8, 4) is 22.4 Å². The molecule has 6 aromatic rings. The minimum absolute atomic E-state index is 0.0599. The summed E-state index contributed by atoms with van der Waals surface area (Å²) in [6.45, 7) is 8.83. The van der Waals surface area contributed by atoms with E-state index in [4.69, 9.17) is 22.1 Å². The molecule has 1 atom stereocenters. The van der Waals surface area contributed by atoms with Gasteiger partial charge in [0.05, 0.1) is 27.7 Å². The Hall–Kier alpha value is -5.82. The normalized spacial score (nSPS) is 15.6. The number of thioether (sulfide) groups is 1. The molecule has 8 rings (SSSR count). The van der Waals surface area contributed by atoms with Gasteiger partial charge in [0, 0.05) is 108 Å². The fraction of sp³-hybridized carbons (Fsp3) is 0.364. The lowest BCUT2D eigenvalue weighted by atomic mass is 9.99. The third-order valence-electron chi connectivity index (χ3n) is 13.9. The molecule has 2 aliphatic heterocycles. The number of aromatic nitrogens is 1. The van der Waals surface area contributed by atoms with E-state index in [0.29, 0.717) is 121 Å². The van der Waals surface area contributed by atoms with Gasteiger partial charge in [-0.3, -0.25) is 9.52 Å². The highest BCUT2D eigenvalue weighted by atomic mass is 35.5. The van der Waals surface area contributed by atoms with E-state index in [2.05, 4.69) is 14.9 Å². The molecule has 0 spiro atoms. The number of rotatable bonds is 20. The van der Waals surface area contributed by atoms with Crippen LogP contribution in [0.3, 0.4) is 0 Å². The summed E-state index contributed by atoms with van der Waals surface area (Å²) in [6, 6.07) is 29.0. The quantitative estimate of drug-likeness (QED) is 0.0371. The van der Waals surface area contributed by atoms with Crippen LogP contribution in [0.2, 0.25) is 5.02 Å². The maximum atomic E-state index is 15.8. The van der Waals surface area contributed by atoms with Crippen molar-refractivity contribution in [1.29, 1.82) is 0 Å². The van der Waals surface area contributed by atoms with E-state index < -0.39 is 68.5 Å². The Kier molecular flexibility index (Phi) is 18.4. The van der Waals surface area contributed by atoms with Gasteiger partial charge in [0.1, 0.15) is 16.8 Å². The van der Waals surface area contributed by atoms with E-state index in [-0.39, 0.29) is 29.3 Å². The molecular weight excluding hydrogens is 1130 g/mol. The second kappa shape index (κ2) is 24.5. The van der Waals surface area contributed by atoms with Gasteiger partial charge in [-0.2, -0.15) is 13.2 Å². The van der Waals surface area contributed by atoms with Crippen LogP contribution in [-0.4, -0.2) is 123 Å². The van der Waals surface area contributed by atoms with E-state index in [0.717, 1.165) is 23.3 Å². The number of anilines is 4. The Bertz CT molecular complexity index is 3490. The van der Waals surface area contributed by atoms with Crippen molar-refractivity contribution >= 4 is 81.8 Å². The van der Waals surface area contributed by atoms with Gasteiger partial charge >= 0.3 is 11.5 Å². The average molecular weight is 1190 g/mol. The second-order valence-corrected chi connectivity index (χ2v) is 26.9. The summed E-state index contributed by atoms with van der Waals surface area (Å²) >= 11 is 7.67. The van der Waals surface area contributed by atoms with Gasteiger partial charge in [-0.15, -0.1) is 11.8 Å². The standard InChI is InChI=1S/C55H62ClF4N7O8S4/c1-36(2)67-37(3)54(77(4,69)70)52(53(67)38-10-12-40(56)13-11-38)39-30-41(57)32-45(31-39)66-28-26-65(27-29-66)44-16-14-42(15-17-44)63-79(73,74)48-18-19-49(50(33-48)78(71,72)55(58,59)60)62-43(35-76-47-8-6-5-7-9-47)20-23-64-24-21-46(22-25-64)75-51(68)34-61/h5-19,30-33,36,43,46,62-63H,20-29,34-35,61H2,1-4H3. The maximum Gasteiger partial charge on any atom is 0.501 e. The number of nitrogens with zero attached hydrogens (tertiary/aromatic N) is 4. The molecule has 5 aromatic carbocycles. The zero-order valence-corrected chi connectivity index (χ0v) is 47.9. The molecule has 2 saturated heterocycles. The van der Waals surface area contributed by atoms with Crippen LogP contribution in [-0.2, 0) is 39.2 Å². The molecule has 1 aromatic heterocycles. The minimum Gasteiger partial charge on any atom is -0.461 e. The molecule has 79 heavy (non-hydrogen) atoms. The SMILES string of the molecule is Cc1c(S(C)(=O)=O)c(-c2cc(F)cc(N3CCN(c4ccc(NS(=O)(=O)c5ccc(NC(CCN6CCC(OC(=O)CN)CC6)CSc6ccccc6)c(S(=O)(=O)C(F)(F)F)c5)cc4)CC3)c2)c(-c2ccc(Cl)cc2)n1C(C)C. The number of piperidine rings is 1.